The Hall–Kier alpha value is -1.19. The summed E-state index contributed by atoms with van der Waals surface area (Å²) in [7, 11) is 0. The van der Waals surface area contributed by atoms with Crippen molar-refractivity contribution in [2.24, 2.45) is 11.8 Å². The van der Waals surface area contributed by atoms with Crippen LogP contribution in [0.3, 0.4) is 0 Å². The molecule has 8 nitrogen and oxygen atoms in total. The molecule has 3 aliphatic heterocycles. The van der Waals surface area contributed by atoms with E-state index in [0.717, 1.165) is 19.3 Å². The van der Waals surface area contributed by atoms with Crippen molar-refractivity contribution in [1.82, 2.24) is 10.2 Å². The number of nitrogens with zero attached hydrogens (tertiary/aromatic N) is 1. The highest BCUT2D eigenvalue weighted by atomic mass is 79.9. The average Bonchev–Trinajstić information content (AvgIpc) is 3.28. The number of aliphatic hydroxyl groups excluding tert-OH is 1. The molecule has 0 aromatic heterocycles. The quantitative estimate of drug-likeness (QED) is 0.293. The molecule has 0 aromatic carbocycles. The number of nitrogens with one attached hydrogen (secondary N) is 1. The summed E-state index contributed by atoms with van der Waals surface area (Å²) in [5.41, 5.74) is -1.09. The van der Waals surface area contributed by atoms with E-state index in [2.05, 4.69) is 28.2 Å². The molecule has 1 unspecified atom stereocenters. The Morgan fingerprint density at radius 2 is 2.14 bits per heavy atom. The minimum absolute atomic E-state index is 0.152. The lowest BCUT2D eigenvalue weighted by molar-refractivity contribution is -0.155. The first kappa shape index (κ1) is 22.5. The number of esters is 1. The van der Waals surface area contributed by atoms with Crippen molar-refractivity contribution >= 4 is 33.7 Å². The van der Waals surface area contributed by atoms with Gasteiger partial charge in [-0.3, -0.25) is 14.4 Å². The maximum absolute atomic E-state index is 13.4. The summed E-state index contributed by atoms with van der Waals surface area (Å²) in [6.45, 7) is 5.95. The molecule has 0 radical (unpaired) electrons. The molecule has 29 heavy (non-hydrogen) atoms. The highest BCUT2D eigenvalue weighted by Gasteiger charge is 2.77. The van der Waals surface area contributed by atoms with Crippen LogP contribution in [0.5, 0.6) is 0 Å². The van der Waals surface area contributed by atoms with Crippen molar-refractivity contribution in [2.75, 3.05) is 19.8 Å². The van der Waals surface area contributed by atoms with Gasteiger partial charge >= 0.3 is 5.97 Å². The topological polar surface area (TPSA) is 105 Å². The number of carbonyl (C=O) groups excluding carboxylic acids is 3. The number of carbonyl (C=O) groups is 3. The van der Waals surface area contributed by atoms with E-state index in [-0.39, 0.29) is 29.9 Å². The third-order valence-corrected chi connectivity index (χ3v) is 7.20. The van der Waals surface area contributed by atoms with Crippen LogP contribution in [0.25, 0.3) is 0 Å². The number of fused-ring (bicyclic) bond motifs is 1. The predicted molar refractivity (Wildman–Crippen MR) is 108 cm³/mol. The van der Waals surface area contributed by atoms with Gasteiger partial charge in [0.1, 0.15) is 11.6 Å². The molecule has 3 fully saturated rings. The number of alkyl halides is 1. The third kappa shape index (κ3) is 3.59. The van der Waals surface area contributed by atoms with Gasteiger partial charge in [-0.05, 0) is 26.7 Å². The van der Waals surface area contributed by atoms with Crippen molar-refractivity contribution < 1.29 is 29.0 Å². The lowest BCUT2D eigenvalue weighted by Gasteiger charge is -2.35. The van der Waals surface area contributed by atoms with Crippen LogP contribution in [0.15, 0.2) is 0 Å². The first-order chi connectivity index (χ1) is 13.8. The highest BCUT2D eigenvalue weighted by molar-refractivity contribution is 9.09. The SMILES string of the molecule is CCCCCNC(=O)[C@@H]1N([C@H](C)CO)C(=O)[C@H]2[C@H](C(=O)OCC)[C@H]3O[C@@]12CC3Br. The van der Waals surface area contributed by atoms with E-state index in [9.17, 15) is 19.5 Å². The van der Waals surface area contributed by atoms with Gasteiger partial charge in [-0.25, -0.2) is 0 Å². The fraction of sp³-hybridized carbons (Fsp3) is 0.850. The van der Waals surface area contributed by atoms with E-state index < -0.39 is 41.6 Å². The Morgan fingerprint density at radius 3 is 2.76 bits per heavy atom. The van der Waals surface area contributed by atoms with Crippen molar-refractivity contribution in [3.63, 3.8) is 0 Å². The van der Waals surface area contributed by atoms with Crippen molar-refractivity contribution in [3.8, 4) is 0 Å². The molecule has 0 aliphatic carbocycles. The van der Waals surface area contributed by atoms with E-state index in [0.29, 0.717) is 13.0 Å². The van der Waals surface area contributed by atoms with Gasteiger partial charge in [-0.1, -0.05) is 35.7 Å². The smallest absolute Gasteiger partial charge is 0.312 e. The zero-order chi connectivity index (χ0) is 21.3. The van der Waals surface area contributed by atoms with Crippen LogP contribution in [0, 0.1) is 11.8 Å². The number of aliphatic hydroxyl groups is 1. The standard InChI is InChI=1S/C20H31BrN2O6/c1-4-6-7-8-22-17(25)16-20-9-12(21)15(29-20)13(19(27)28-5-2)14(20)18(26)23(16)11(3)10-24/h11-16,24H,4-10H2,1-3H3,(H,22,25)/t11-,12?,13+,14-,15+,16+,20-/m1/s1. The van der Waals surface area contributed by atoms with Gasteiger partial charge in [-0.2, -0.15) is 0 Å². The van der Waals surface area contributed by atoms with Crippen molar-refractivity contribution in [1.29, 1.82) is 0 Å². The molecule has 0 saturated carbocycles. The van der Waals surface area contributed by atoms with Gasteiger partial charge in [0, 0.05) is 11.4 Å². The Morgan fingerprint density at radius 1 is 1.41 bits per heavy atom. The summed E-state index contributed by atoms with van der Waals surface area (Å²) in [4.78, 5) is 40.6. The number of amides is 2. The van der Waals surface area contributed by atoms with Gasteiger partial charge in [-0.15, -0.1) is 0 Å². The van der Waals surface area contributed by atoms with Gasteiger partial charge in [0.25, 0.3) is 0 Å². The van der Waals surface area contributed by atoms with Crippen LogP contribution in [-0.4, -0.2) is 76.2 Å². The van der Waals surface area contributed by atoms with E-state index in [4.69, 9.17) is 9.47 Å². The zero-order valence-electron chi connectivity index (χ0n) is 17.2. The number of hydrogen-bond acceptors (Lipinski definition) is 6. The van der Waals surface area contributed by atoms with Crippen LogP contribution in [-0.2, 0) is 23.9 Å². The van der Waals surface area contributed by atoms with Crippen LogP contribution in [0.1, 0.15) is 46.5 Å². The summed E-state index contributed by atoms with van der Waals surface area (Å²) in [5, 5.41) is 12.7. The molecule has 3 saturated heterocycles. The molecule has 1 spiro atoms. The van der Waals surface area contributed by atoms with Crippen molar-refractivity contribution in [3.05, 3.63) is 0 Å². The summed E-state index contributed by atoms with van der Waals surface area (Å²) in [5.74, 6) is -2.61. The Labute approximate surface area is 179 Å². The molecular weight excluding hydrogens is 444 g/mol. The Balaban J connectivity index is 1.94. The minimum Gasteiger partial charge on any atom is -0.466 e. The molecule has 2 bridgehead atoms. The maximum Gasteiger partial charge on any atom is 0.312 e. The van der Waals surface area contributed by atoms with E-state index in [1.165, 1.54) is 4.90 Å². The fourth-order valence-corrected chi connectivity index (χ4v) is 6.06. The zero-order valence-corrected chi connectivity index (χ0v) is 18.8. The fourth-order valence-electron chi connectivity index (χ4n) is 5.12. The highest BCUT2D eigenvalue weighted by Crippen LogP contribution is 2.60. The van der Waals surface area contributed by atoms with E-state index in [1.807, 2.05) is 0 Å². The first-order valence-electron chi connectivity index (χ1n) is 10.5. The Kier molecular flexibility index (Phi) is 6.90. The molecule has 2 amide bonds. The van der Waals surface area contributed by atoms with Gasteiger partial charge in [0.05, 0.1) is 37.2 Å². The number of halogens is 1. The van der Waals surface area contributed by atoms with Crippen LogP contribution in [0.4, 0.5) is 0 Å². The molecule has 164 valence electrons. The second-order valence-corrected chi connectivity index (χ2v) is 9.37. The third-order valence-electron chi connectivity index (χ3n) is 6.35. The normalized spacial score (nSPS) is 36.2. The first-order valence-corrected chi connectivity index (χ1v) is 11.4. The Bertz CT molecular complexity index is 661. The van der Waals surface area contributed by atoms with Gasteiger partial charge < -0.3 is 24.8 Å². The number of ether oxygens (including phenoxy) is 2. The van der Waals surface area contributed by atoms with Gasteiger partial charge in [0.15, 0.2) is 0 Å². The molecule has 3 aliphatic rings. The minimum atomic E-state index is -1.09. The predicted octanol–water partition coefficient (Wildman–Crippen LogP) is 0.985. The van der Waals surface area contributed by atoms with Crippen LogP contribution >= 0.6 is 15.9 Å². The number of likely N-dealkylation sites (tertiary alicyclic amines) is 1. The molecular formula is C20H31BrN2O6. The van der Waals surface area contributed by atoms with Crippen molar-refractivity contribution in [2.45, 2.75) is 75.1 Å². The molecule has 3 rings (SSSR count). The monoisotopic (exact) mass is 474 g/mol. The molecule has 3 heterocycles. The molecule has 2 N–H and O–H groups in total. The molecule has 7 atom stereocenters. The maximum atomic E-state index is 13.4. The summed E-state index contributed by atoms with van der Waals surface area (Å²) in [6, 6.07) is -1.44. The second-order valence-electron chi connectivity index (χ2n) is 8.19. The summed E-state index contributed by atoms with van der Waals surface area (Å²) >= 11 is 3.59. The lowest BCUT2D eigenvalue weighted by atomic mass is 9.70. The molecule has 0 aromatic rings. The van der Waals surface area contributed by atoms with E-state index >= 15 is 0 Å². The second kappa shape index (κ2) is 8.89. The van der Waals surface area contributed by atoms with Crippen LogP contribution < -0.4 is 5.32 Å². The largest absolute Gasteiger partial charge is 0.466 e. The summed E-state index contributed by atoms with van der Waals surface area (Å²) in [6.07, 6.45) is 2.83. The number of unbranched alkanes of at least 4 members (excludes halogenated alkanes) is 2. The summed E-state index contributed by atoms with van der Waals surface area (Å²) < 4.78 is 11.5. The van der Waals surface area contributed by atoms with E-state index in [1.54, 1.807) is 13.8 Å². The number of hydrogen-bond donors (Lipinski definition) is 2. The average molecular weight is 475 g/mol. The number of rotatable bonds is 9. The molecule has 9 heteroatoms. The van der Waals surface area contributed by atoms with Crippen LogP contribution in [0.2, 0.25) is 0 Å². The van der Waals surface area contributed by atoms with Gasteiger partial charge in [0.2, 0.25) is 11.8 Å². The lowest BCUT2D eigenvalue weighted by Crippen LogP contribution is -2.57.